The van der Waals surface area contributed by atoms with E-state index < -0.39 is 0 Å². The van der Waals surface area contributed by atoms with E-state index in [0.717, 1.165) is 18.8 Å². The largest absolute Gasteiger partial charge is 0.496 e. The van der Waals surface area contributed by atoms with Crippen LogP contribution < -0.4 is 10.1 Å². The summed E-state index contributed by atoms with van der Waals surface area (Å²) in [5, 5.41) is 5.88. The molecule has 0 amide bonds. The first-order valence-corrected chi connectivity index (χ1v) is 7.26. The van der Waals surface area contributed by atoms with Crippen LogP contribution in [0.2, 0.25) is 0 Å². The number of hydrogen-bond acceptors (Lipinski definition) is 3. The van der Waals surface area contributed by atoms with Crippen molar-refractivity contribution in [3.8, 4) is 5.75 Å². The Morgan fingerprint density at radius 2 is 1.95 bits per heavy atom. The van der Waals surface area contributed by atoms with Crippen LogP contribution in [0.5, 0.6) is 5.75 Å². The van der Waals surface area contributed by atoms with Gasteiger partial charge >= 0.3 is 0 Å². The molecule has 1 aliphatic rings. The zero-order valence-electron chi connectivity index (χ0n) is 12.6. The quantitative estimate of drug-likeness (QED) is 0.939. The SMILES string of the molecule is CNC1CCN(Cc2ccc(OC)c3ccccc23)C1.Cl. The van der Waals surface area contributed by atoms with Crippen LogP contribution >= 0.6 is 12.4 Å². The van der Waals surface area contributed by atoms with E-state index in [4.69, 9.17) is 4.74 Å². The molecule has 2 aromatic rings. The Bertz CT molecular complexity index is 602. The molecule has 2 aromatic carbocycles. The summed E-state index contributed by atoms with van der Waals surface area (Å²) in [6, 6.07) is 13.4. The van der Waals surface area contributed by atoms with Crippen molar-refractivity contribution in [2.45, 2.75) is 19.0 Å². The highest BCUT2D eigenvalue weighted by Crippen LogP contribution is 2.29. The van der Waals surface area contributed by atoms with Gasteiger partial charge in [0.15, 0.2) is 0 Å². The van der Waals surface area contributed by atoms with Crippen LogP contribution in [0.3, 0.4) is 0 Å². The molecule has 1 N–H and O–H groups in total. The lowest BCUT2D eigenvalue weighted by Crippen LogP contribution is -2.29. The molecule has 1 fully saturated rings. The predicted molar refractivity (Wildman–Crippen MR) is 90.5 cm³/mol. The first-order valence-electron chi connectivity index (χ1n) is 7.26. The van der Waals surface area contributed by atoms with Crippen molar-refractivity contribution in [2.75, 3.05) is 27.2 Å². The lowest BCUT2D eigenvalue weighted by atomic mass is 10.0. The lowest BCUT2D eigenvalue weighted by molar-refractivity contribution is 0.323. The molecule has 0 aliphatic carbocycles. The summed E-state index contributed by atoms with van der Waals surface area (Å²) >= 11 is 0. The Labute approximate surface area is 132 Å². The van der Waals surface area contributed by atoms with Crippen molar-refractivity contribution in [2.24, 2.45) is 0 Å². The average Bonchev–Trinajstić information content (AvgIpc) is 2.95. The molecule has 3 nitrogen and oxygen atoms in total. The van der Waals surface area contributed by atoms with Crippen LogP contribution in [-0.4, -0.2) is 38.2 Å². The number of likely N-dealkylation sites (N-methyl/N-ethyl adjacent to an activating group) is 1. The molecule has 0 radical (unpaired) electrons. The van der Waals surface area contributed by atoms with Gasteiger partial charge in [-0.2, -0.15) is 0 Å². The molecule has 0 spiro atoms. The van der Waals surface area contributed by atoms with Crippen LogP contribution in [0.25, 0.3) is 10.8 Å². The third-order valence-corrected chi connectivity index (χ3v) is 4.27. The second kappa shape index (κ2) is 7.12. The molecule has 21 heavy (non-hydrogen) atoms. The van der Waals surface area contributed by atoms with Gasteiger partial charge in [-0.05, 0) is 30.5 Å². The molecular weight excluding hydrogens is 284 g/mol. The van der Waals surface area contributed by atoms with Crippen molar-refractivity contribution < 1.29 is 4.74 Å². The average molecular weight is 307 g/mol. The minimum atomic E-state index is 0. The summed E-state index contributed by atoms with van der Waals surface area (Å²) < 4.78 is 5.46. The van der Waals surface area contributed by atoms with Gasteiger partial charge in [0.2, 0.25) is 0 Å². The Balaban J connectivity index is 0.00000161. The van der Waals surface area contributed by atoms with E-state index in [2.05, 4.69) is 53.7 Å². The van der Waals surface area contributed by atoms with Gasteiger partial charge in [-0.3, -0.25) is 4.90 Å². The van der Waals surface area contributed by atoms with Crippen LogP contribution in [0.4, 0.5) is 0 Å². The highest BCUT2D eigenvalue weighted by Gasteiger charge is 2.21. The zero-order chi connectivity index (χ0) is 13.9. The van der Waals surface area contributed by atoms with Crippen LogP contribution in [0, 0.1) is 0 Å². The fourth-order valence-electron chi connectivity index (χ4n) is 3.10. The van der Waals surface area contributed by atoms with Crippen molar-refractivity contribution in [3.63, 3.8) is 0 Å². The third kappa shape index (κ3) is 3.31. The molecule has 0 bridgehead atoms. The van der Waals surface area contributed by atoms with Gasteiger partial charge in [0.1, 0.15) is 5.75 Å². The zero-order valence-corrected chi connectivity index (χ0v) is 13.5. The van der Waals surface area contributed by atoms with E-state index in [1.54, 1.807) is 7.11 Å². The smallest absolute Gasteiger partial charge is 0.126 e. The number of hydrogen-bond donors (Lipinski definition) is 1. The molecule has 1 aliphatic heterocycles. The summed E-state index contributed by atoms with van der Waals surface area (Å²) in [5.74, 6) is 0.957. The highest BCUT2D eigenvalue weighted by atomic mass is 35.5. The number of nitrogens with zero attached hydrogens (tertiary/aromatic N) is 1. The van der Waals surface area contributed by atoms with E-state index in [1.165, 1.54) is 29.3 Å². The fraction of sp³-hybridized carbons (Fsp3) is 0.412. The molecule has 1 atom stereocenters. The number of methoxy groups -OCH3 is 1. The Kier molecular flexibility index (Phi) is 5.45. The van der Waals surface area contributed by atoms with Crippen molar-refractivity contribution in [3.05, 3.63) is 42.0 Å². The maximum Gasteiger partial charge on any atom is 0.126 e. The highest BCUT2D eigenvalue weighted by molar-refractivity contribution is 5.91. The van der Waals surface area contributed by atoms with Crippen LogP contribution in [-0.2, 0) is 6.54 Å². The monoisotopic (exact) mass is 306 g/mol. The number of halogens is 1. The van der Waals surface area contributed by atoms with Crippen LogP contribution in [0.1, 0.15) is 12.0 Å². The van der Waals surface area contributed by atoms with E-state index in [1.807, 2.05) is 0 Å². The molecular formula is C17H23ClN2O. The summed E-state index contributed by atoms with van der Waals surface area (Å²) in [6.45, 7) is 3.32. The normalized spacial score (nSPS) is 18.7. The summed E-state index contributed by atoms with van der Waals surface area (Å²) in [5.41, 5.74) is 1.39. The first-order chi connectivity index (χ1) is 9.81. The first kappa shape index (κ1) is 16.1. The standard InChI is InChI=1S/C17H22N2O.ClH/c1-18-14-9-10-19(12-14)11-13-7-8-17(20-2)16-6-4-3-5-15(13)16;/h3-8,14,18H,9-12H2,1-2H3;1H. The van der Waals surface area contributed by atoms with Gasteiger partial charge in [-0.15, -0.1) is 12.4 Å². The van der Waals surface area contributed by atoms with E-state index in [0.29, 0.717) is 6.04 Å². The fourth-order valence-corrected chi connectivity index (χ4v) is 3.10. The van der Waals surface area contributed by atoms with Crippen molar-refractivity contribution >= 4 is 23.2 Å². The number of ether oxygens (including phenoxy) is 1. The number of nitrogens with one attached hydrogen (secondary N) is 1. The number of likely N-dealkylation sites (tertiary alicyclic amines) is 1. The van der Waals surface area contributed by atoms with E-state index in [-0.39, 0.29) is 12.4 Å². The van der Waals surface area contributed by atoms with Crippen LogP contribution in [0.15, 0.2) is 36.4 Å². The summed E-state index contributed by atoms with van der Waals surface area (Å²) in [6.07, 6.45) is 1.24. The summed E-state index contributed by atoms with van der Waals surface area (Å²) in [7, 11) is 3.79. The molecule has 1 heterocycles. The minimum Gasteiger partial charge on any atom is -0.496 e. The molecule has 1 saturated heterocycles. The molecule has 0 aromatic heterocycles. The Morgan fingerprint density at radius 1 is 1.19 bits per heavy atom. The Morgan fingerprint density at radius 3 is 2.62 bits per heavy atom. The molecule has 3 rings (SSSR count). The Hall–Kier alpha value is -1.29. The maximum atomic E-state index is 5.46. The van der Waals surface area contributed by atoms with Gasteiger partial charge in [-0.25, -0.2) is 0 Å². The van der Waals surface area contributed by atoms with Gasteiger partial charge in [0, 0.05) is 31.1 Å². The van der Waals surface area contributed by atoms with Crippen molar-refractivity contribution in [1.29, 1.82) is 0 Å². The number of fused-ring (bicyclic) bond motifs is 1. The third-order valence-electron chi connectivity index (χ3n) is 4.27. The number of benzene rings is 2. The topological polar surface area (TPSA) is 24.5 Å². The van der Waals surface area contributed by atoms with E-state index >= 15 is 0 Å². The minimum absolute atomic E-state index is 0. The second-order valence-corrected chi connectivity index (χ2v) is 5.48. The summed E-state index contributed by atoms with van der Waals surface area (Å²) in [4.78, 5) is 2.52. The molecule has 1 unspecified atom stereocenters. The van der Waals surface area contributed by atoms with Gasteiger partial charge < -0.3 is 10.1 Å². The molecule has 4 heteroatoms. The second-order valence-electron chi connectivity index (χ2n) is 5.48. The molecule has 0 saturated carbocycles. The van der Waals surface area contributed by atoms with Gasteiger partial charge in [-0.1, -0.05) is 30.3 Å². The number of rotatable bonds is 4. The van der Waals surface area contributed by atoms with Gasteiger partial charge in [0.05, 0.1) is 7.11 Å². The van der Waals surface area contributed by atoms with E-state index in [9.17, 15) is 0 Å². The van der Waals surface area contributed by atoms with Crippen molar-refractivity contribution in [1.82, 2.24) is 10.2 Å². The van der Waals surface area contributed by atoms with Gasteiger partial charge in [0.25, 0.3) is 0 Å². The lowest BCUT2D eigenvalue weighted by Gasteiger charge is -2.18. The maximum absolute atomic E-state index is 5.46. The predicted octanol–water partition coefficient (Wildman–Crippen LogP) is 3.06. The molecule has 114 valence electrons.